The number of amides is 1. The van der Waals surface area contributed by atoms with Gasteiger partial charge in [-0.25, -0.2) is 0 Å². The van der Waals surface area contributed by atoms with Gasteiger partial charge in [-0.05, 0) is 48.6 Å². The highest BCUT2D eigenvalue weighted by Crippen LogP contribution is 2.22. The standard InChI is InChI=1S/C16H18N2OS/c19-16(12-15-4-3-11-20-15)17-13-5-7-14(8-6-13)18-9-1-2-10-18/h3-8,11H,1-2,9-10,12H2,(H,17,19). The van der Waals surface area contributed by atoms with Gasteiger partial charge in [0.05, 0.1) is 6.42 Å². The molecule has 104 valence electrons. The minimum Gasteiger partial charge on any atom is -0.372 e. The van der Waals surface area contributed by atoms with Gasteiger partial charge < -0.3 is 10.2 Å². The van der Waals surface area contributed by atoms with Crippen molar-refractivity contribution in [2.45, 2.75) is 19.3 Å². The lowest BCUT2D eigenvalue weighted by Crippen LogP contribution is -2.17. The summed E-state index contributed by atoms with van der Waals surface area (Å²) in [6.45, 7) is 2.29. The maximum atomic E-state index is 11.9. The van der Waals surface area contributed by atoms with Gasteiger partial charge in [0.1, 0.15) is 0 Å². The fourth-order valence-corrected chi connectivity index (χ4v) is 3.21. The van der Waals surface area contributed by atoms with Crippen LogP contribution in [-0.2, 0) is 11.2 Å². The summed E-state index contributed by atoms with van der Waals surface area (Å²) in [5, 5.41) is 4.94. The summed E-state index contributed by atoms with van der Waals surface area (Å²) in [6.07, 6.45) is 3.00. The maximum Gasteiger partial charge on any atom is 0.229 e. The molecule has 2 heterocycles. The Labute approximate surface area is 123 Å². The van der Waals surface area contributed by atoms with Crippen LogP contribution in [-0.4, -0.2) is 19.0 Å². The van der Waals surface area contributed by atoms with E-state index in [1.165, 1.54) is 18.5 Å². The summed E-state index contributed by atoms with van der Waals surface area (Å²) in [4.78, 5) is 15.4. The van der Waals surface area contributed by atoms with Crippen LogP contribution in [0.3, 0.4) is 0 Å². The van der Waals surface area contributed by atoms with Gasteiger partial charge in [0.25, 0.3) is 0 Å². The second-order valence-electron chi connectivity index (χ2n) is 5.05. The van der Waals surface area contributed by atoms with Crippen LogP contribution in [0.4, 0.5) is 11.4 Å². The Morgan fingerprint density at radius 3 is 2.55 bits per heavy atom. The molecule has 1 aromatic heterocycles. The fourth-order valence-electron chi connectivity index (χ4n) is 2.51. The second-order valence-corrected chi connectivity index (χ2v) is 6.08. The zero-order valence-corrected chi connectivity index (χ0v) is 12.2. The highest BCUT2D eigenvalue weighted by atomic mass is 32.1. The van der Waals surface area contributed by atoms with Gasteiger partial charge in [0, 0.05) is 29.3 Å². The van der Waals surface area contributed by atoms with Gasteiger partial charge >= 0.3 is 0 Å². The van der Waals surface area contributed by atoms with Crippen LogP contribution in [0.5, 0.6) is 0 Å². The van der Waals surface area contributed by atoms with Crippen molar-refractivity contribution in [1.29, 1.82) is 0 Å². The first kappa shape index (κ1) is 13.2. The van der Waals surface area contributed by atoms with E-state index in [1.54, 1.807) is 11.3 Å². The Balaban J connectivity index is 1.58. The molecule has 1 aliphatic heterocycles. The molecule has 1 saturated heterocycles. The van der Waals surface area contributed by atoms with Gasteiger partial charge in [-0.2, -0.15) is 0 Å². The number of anilines is 2. The zero-order chi connectivity index (χ0) is 13.8. The van der Waals surface area contributed by atoms with Gasteiger partial charge in [0.15, 0.2) is 0 Å². The third kappa shape index (κ3) is 3.20. The van der Waals surface area contributed by atoms with Crippen LogP contribution in [0.15, 0.2) is 41.8 Å². The highest BCUT2D eigenvalue weighted by molar-refractivity contribution is 7.10. The smallest absolute Gasteiger partial charge is 0.229 e. The molecular weight excluding hydrogens is 268 g/mol. The van der Waals surface area contributed by atoms with E-state index in [-0.39, 0.29) is 5.91 Å². The van der Waals surface area contributed by atoms with E-state index in [1.807, 2.05) is 29.6 Å². The molecule has 0 bridgehead atoms. The Morgan fingerprint density at radius 2 is 1.90 bits per heavy atom. The van der Waals surface area contributed by atoms with Crippen molar-refractivity contribution < 1.29 is 4.79 Å². The molecule has 4 heteroatoms. The molecule has 0 aliphatic carbocycles. The number of thiophene rings is 1. The van der Waals surface area contributed by atoms with Crippen molar-refractivity contribution in [3.8, 4) is 0 Å². The number of nitrogens with zero attached hydrogens (tertiary/aromatic N) is 1. The van der Waals surface area contributed by atoms with Gasteiger partial charge in [0.2, 0.25) is 5.91 Å². The van der Waals surface area contributed by atoms with E-state index in [0.717, 1.165) is 23.7 Å². The van der Waals surface area contributed by atoms with E-state index < -0.39 is 0 Å². The largest absolute Gasteiger partial charge is 0.372 e. The summed E-state index contributed by atoms with van der Waals surface area (Å²) < 4.78 is 0. The fraction of sp³-hybridized carbons (Fsp3) is 0.312. The van der Waals surface area contributed by atoms with Crippen molar-refractivity contribution in [2.75, 3.05) is 23.3 Å². The molecule has 3 rings (SSSR count). The Bertz CT molecular complexity index is 557. The van der Waals surface area contributed by atoms with E-state index in [0.29, 0.717) is 6.42 Å². The number of carbonyl (C=O) groups is 1. The topological polar surface area (TPSA) is 32.3 Å². The number of carbonyl (C=O) groups excluding carboxylic acids is 1. The summed E-state index contributed by atoms with van der Waals surface area (Å²) in [5.74, 6) is 0.0429. The van der Waals surface area contributed by atoms with E-state index >= 15 is 0 Å². The number of benzene rings is 1. The molecule has 2 aromatic rings. The Kier molecular flexibility index (Phi) is 4.02. The van der Waals surface area contributed by atoms with Gasteiger partial charge in [-0.15, -0.1) is 11.3 Å². The van der Waals surface area contributed by atoms with Crippen LogP contribution in [0.1, 0.15) is 17.7 Å². The van der Waals surface area contributed by atoms with E-state index in [4.69, 9.17) is 0 Å². The molecule has 20 heavy (non-hydrogen) atoms. The zero-order valence-electron chi connectivity index (χ0n) is 11.3. The first-order valence-electron chi connectivity index (χ1n) is 6.98. The number of rotatable bonds is 4. The molecule has 0 spiro atoms. The first-order valence-corrected chi connectivity index (χ1v) is 7.86. The monoisotopic (exact) mass is 286 g/mol. The summed E-state index contributed by atoms with van der Waals surface area (Å²) in [5.41, 5.74) is 2.12. The minimum absolute atomic E-state index is 0.0429. The third-order valence-electron chi connectivity index (χ3n) is 3.54. The van der Waals surface area contributed by atoms with Crippen molar-refractivity contribution in [2.24, 2.45) is 0 Å². The molecule has 0 unspecified atom stereocenters. The minimum atomic E-state index is 0.0429. The third-order valence-corrected chi connectivity index (χ3v) is 4.41. The van der Waals surface area contributed by atoms with E-state index in [9.17, 15) is 4.79 Å². The van der Waals surface area contributed by atoms with Gasteiger partial charge in [-0.1, -0.05) is 6.07 Å². The highest BCUT2D eigenvalue weighted by Gasteiger charge is 2.12. The molecule has 1 N–H and O–H groups in total. The average molecular weight is 286 g/mol. The van der Waals surface area contributed by atoms with Crippen LogP contribution in [0.25, 0.3) is 0 Å². The molecule has 1 aliphatic rings. The molecule has 1 fully saturated rings. The number of hydrogen-bond donors (Lipinski definition) is 1. The van der Waals surface area contributed by atoms with Crippen LogP contribution in [0, 0.1) is 0 Å². The molecule has 1 amide bonds. The first-order chi connectivity index (χ1) is 9.81. The predicted molar refractivity (Wildman–Crippen MR) is 84.5 cm³/mol. The lowest BCUT2D eigenvalue weighted by atomic mass is 10.2. The predicted octanol–water partition coefficient (Wildman–Crippen LogP) is 3.53. The Hall–Kier alpha value is -1.81. The summed E-state index contributed by atoms with van der Waals surface area (Å²) in [6, 6.07) is 12.1. The normalized spacial score (nSPS) is 14.5. The SMILES string of the molecule is O=C(Cc1cccs1)Nc1ccc(N2CCCC2)cc1. The lowest BCUT2D eigenvalue weighted by molar-refractivity contribution is -0.115. The van der Waals surface area contributed by atoms with Crippen LogP contribution in [0.2, 0.25) is 0 Å². The van der Waals surface area contributed by atoms with Crippen molar-refractivity contribution in [3.63, 3.8) is 0 Å². The van der Waals surface area contributed by atoms with Crippen molar-refractivity contribution in [1.82, 2.24) is 0 Å². The molecule has 0 atom stereocenters. The molecule has 1 aromatic carbocycles. The molecule has 3 nitrogen and oxygen atoms in total. The number of nitrogens with one attached hydrogen (secondary N) is 1. The van der Waals surface area contributed by atoms with Crippen molar-refractivity contribution in [3.05, 3.63) is 46.7 Å². The molecule has 0 radical (unpaired) electrons. The van der Waals surface area contributed by atoms with E-state index in [2.05, 4.69) is 22.3 Å². The number of hydrogen-bond acceptors (Lipinski definition) is 3. The Morgan fingerprint density at radius 1 is 1.15 bits per heavy atom. The van der Waals surface area contributed by atoms with Crippen molar-refractivity contribution >= 4 is 28.6 Å². The maximum absolute atomic E-state index is 11.9. The quantitative estimate of drug-likeness (QED) is 0.932. The average Bonchev–Trinajstić information content (AvgIpc) is 3.12. The van der Waals surface area contributed by atoms with Gasteiger partial charge in [-0.3, -0.25) is 4.79 Å². The molecule has 0 saturated carbocycles. The second kappa shape index (κ2) is 6.09. The summed E-state index contributed by atoms with van der Waals surface area (Å²) in [7, 11) is 0. The van der Waals surface area contributed by atoms with Crippen LogP contribution >= 0.6 is 11.3 Å². The van der Waals surface area contributed by atoms with Crippen LogP contribution < -0.4 is 10.2 Å². The molecular formula is C16H18N2OS. The lowest BCUT2D eigenvalue weighted by Gasteiger charge is -2.17. The summed E-state index contributed by atoms with van der Waals surface area (Å²) >= 11 is 1.61.